The third-order valence-corrected chi connectivity index (χ3v) is 4.36. The Morgan fingerprint density at radius 1 is 1.39 bits per heavy atom. The largest absolute Gasteiger partial charge is 0.359 e. The summed E-state index contributed by atoms with van der Waals surface area (Å²) in [6.07, 6.45) is 5.01. The Bertz CT molecular complexity index is 364. The fourth-order valence-electron chi connectivity index (χ4n) is 2.36. The summed E-state index contributed by atoms with van der Waals surface area (Å²) >= 11 is 1.70. The van der Waals surface area contributed by atoms with Crippen LogP contribution in [0.3, 0.4) is 0 Å². The molecule has 2 heterocycles. The lowest BCUT2D eigenvalue weighted by Crippen LogP contribution is -2.40. The van der Waals surface area contributed by atoms with Gasteiger partial charge in [-0.1, -0.05) is 31.6 Å². The maximum Gasteiger partial charge on any atom is 0.205 e. The van der Waals surface area contributed by atoms with Crippen LogP contribution in [0.1, 0.15) is 38.1 Å². The van der Waals surface area contributed by atoms with Crippen molar-refractivity contribution in [2.24, 2.45) is 5.92 Å². The van der Waals surface area contributed by atoms with Crippen LogP contribution < -0.4 is 5.32 Å². The molecule has 5 heteroatoms. The molecule has 1 aromatic rings. The van der Waals surface area contributed by atoms with E-state index in [-0.39, 0.29) is 0 Å². The highest BCUT2D eigenvalue weighted by Crippen LogP contribution is 2.20. The van der Waals surface area contributed by atoms with Crippen molar-refractivity contribution in [3.63, 3.8) is 0 Å². The van der Waals surface area contributed by atoms with E-state index in [1.807, 2.05) is 0 Å². The van der Waals surface area contributed by atoms with Crippen LogP contribution >= 0.6 is 11.3 Å². The predicted octanol–water partition coefficient (Wildman–Crippen LogP) is 2.63. The van der Waals surface area contributed by atoms with E-state index in [4.69, 9.17) is 0 Å². The van der Waals surface area contributed by atoms with Gasteiger partial charge in [0.15, 0.2) is 0 Å². The van der Waals surface area contributed by atoms with Crippen molar-refractivity contribution in [1.82, 2.24) is 15.1 Å². The Labute approximate surface area is 114 Å². The van der Waals surface area contributed by atoms with E-state index in [0.717, 1.165) is 23.1 Å². The molecule has 0 saturated carbocycles. The van der Waals surface area contributed by atoms with Gasteiger partial charge in [0.05, 0.1) is 0 Å². The van der Waals surface area contributed by atoms with E-state index in [2.05, 4.69) is 41.3 Å². The Morgan fingerprint density at radius 3 is 2.94 bits per heavy atom. The first kappa shape index (κ1) is 13.7. The Morgan fingerprint density at radius 2 is 2.22 bits per heavy atom. The number of aromatic nitrogens is 2. The smallest absolute Gasteiger partial charge is 0.205 e. The molecule has 2 rings (SSSR count). The van der Waals surface area contributed by atoms with Gasteiger partial charge in [-0.15, -0.1) is 10.2 Å². The molecule has 0 radical (unpaired) electrons. The molecule has 1 aliphatic rings. The van der Waals surface area contributed by atoms with Gasteiger partial charge in [0.25, 0.3) is 0 Å². The number of hydrogen-bond donors (Lipinski definition) is 1. The summed E-state index contributed by atoms with van der Waals surface area (Å²) in [7, 11) is 2.22. The summed E-state index contributed by atoms with van der Waals surface area (Å²) in [6.45, 7) is 6.64. The van der Waals surface area contributed by atoms with Crippen LogP contribution in [-0.4, -0.2) is 41.3 Å². The van der Waals surface area contributed by atoms with Crippen molar-refractivity contribution in [3.05, 3.63) is 5.01 Å². The maximum absolute atomic E-state index is 4.23. The highest BCUT2D eigenvalue weighted by atomic mass is 32.1. The van der Waals surface area contributed by atoms with Crippen LogP contribution in [0.15, 0.2) is 0 Å². The van der Waals surface area contributed by atoms with Gasteiger partial charge in [-0.2, -0.15) is 0 Å². The lowest BCUT2D eigenvalue weighted by Gasteiger charge is -2.32. The predicted molar refractivity (Wildman–Crippen MR) is 77.2 cm³/mol. The number of piperidine rings is 1. The molecule has 1 fully saturated rings. The van der Waals surface area contributed by atoms with Crippen molar-refractivity contribution in [2.45, 2.75) is 45.6 Å². The number of hydrogen-bond acceptors (Lipinski definition) is 5. The highest BCUT2D eigenvalue weighted by Gasteiger charge is 2.18. The Hall–Kier alpha value is -0.680. The molecule has 0 amide bonds. The zero-order chi connectivity index (χ0) is 13.0. The van der Waals surface area contributed by atoms with Gasteiger partial charge < -0.3 is 10.2 Å². The minimum atomic E-state index is 0.648. The van der Waals surface area contributed by atoms with Gasteiger partial charge in [-0.25, -0.2) is 0 Å². The van der Waals surface area contributed by atoms with Crippen molar-refractivity contribution < 1.29 is 0 Å². The molecule has 1 aromatic heterocycles. The number of rotatable bonds is 5. The number of anilines is 1. The second-order valence-electron chi connectivity index (χ2n) is 5.61. The fraction of sp³-hybridized carbons (Fsp3) is 0.846. The average molecular weight is 268 g/mol. The summed E-state index contributed by atoms with van der Waals surface area (Å²) < 4.78 is 0. The monoisotopic (exact) mass is 268 g/mol. The van der Waals surface area contributed by atoms with Crippen molar-refractivity contribution in [3.8, 4) is 0 Å². The number of nitrogens with one attached hydrogen (secondary N) is 1. The lowest BCUT2D eigenvalue weighted by atomic mass is 10.0. The van der Waals surface area contributed by atoms with Gasteiger partial charge in [-0.05, 0) is 32.4 Å². The molecule has 1 saturated heterocycles. The first-order valence-electron chi connectivity index (χ1n) is 6.91. The summed E-state index contributed by atoms with van der Waals surface area (Å²) in [6, 6.07) is 0.649. The van der Waals surface area contributed by atoms with Gasteiger partial charge in [-0.3, -0.25) is 0 Å². The third-order valence-electron chi connectivity index (χ3n) is 3.46. The zero-order valence-electron chi connectivity index (χ0n) is 11.6. The molecular weight excluding hydrogens is 244 g/mol. The van der Waals surface area contributed by atoms with E-state index in [9.17, 15) is 0 Å². The highest BCUT2D eigenvalue weighted by molar-refractivity contribution is 7.15. The molecule has 1 atom stereocenters. The molecule has 0 spiro atoms. The Kier molecular flexibility index (Phi) is 4.95. The number of nitrogens with zero attached hydrogens (tertiary/aromatic N) is 3. The first-order chi connectivity index (χ1) is 8.65. The van der Waals surface area contributed by atoms with E-state index in [1.165, 1.54) is 25.8 Å². The normalized spacial score (nSPS) is 21.4. The quantitative estimate of drug-likeness (QED) is 0.891. The Balaban J connectivity index is 1.80. The molecule has 4 nitrogen and oxygen atoms in total. The van der Waals surface area contributed by atoms with Gasteiger partial charge in [0.2, 0.25) is 5.13 Å². The first-order valence-corrected chi connectivity index (χ1v) is 7.73. The SMILES string of the molecule is CC(C)Cc1nnc(NCC2CCCCN2C)s1. The van der Waals surface area contributed by atoms with E-state index >= 15 is 0 Å². The van der Waals surface area contributed by atoms with Crippen molar-refractivity contribution in [1.29, 1.82) is 0 Å². The summed E-state index contributed by atoms with van der Waals surface area (Å²) in [4.78, 5) is 2.45. The van der Waals surface area contributed by atoms with E-state index in [0.29, 0.717) is 12.0 Å². The topological polar surface area (TPSA) is 41.1 Å². The van der Waals surface area contributed by atoms with E-state index < -0.39 is 0 Å². The van der Waals surface area contributed by atoms with E-state index in [1.54, 1.807) is 11.3 Å². The minimum absolute atomic E-state index is 0.648. The average Bonchev–Trinajstić information content (AvgIpc) is 2.75. The van der Waals surface area contributed by atoms with Gasteiger partial charge >= 0.3 is 0 Å². The maximum atomic E-state index is 4.23. The summed E-state index contributed by atoms with van der Waals surface area (Å²) in [5, 5.41) is 14.0. The number of likely N-dealkylation sites (N-methyl/N-ethyl adjacent to an activating group) is 1. The van der Waals surface area contributed by atoms with Crippen LogP contribution in [0.4, 0.5) is 5.13 Å². The lowest BCUT2D eigenvalue weighted by molar-refractivity contribution is 0.194. The molecule has 1 unspecified atom stereocenters. The molecule has 102 valence electrons. The van der Waals surface area contributed by atoms with Crippen molar-refractivity contribution >= 4 is 16.5 Å². The summed E-state index contributed by atoms with van der Waals surface area (Å²) in [5.41, 5.74) is 0. The van der Waals surface area contributed by atoms with Gasteiger partial charge in [0, 0.05) is 19.0 Å². The van der Waals surface area contributed by atoms with Crippen LogP contribution in [0.25, 0.3) is 0 Å². The molecule has 0 bridgehead atoms. The van der Waals surface area contributed by atoms with Crippen molar-refractivity contribution in [2.75, 3.05) is 25.5 Å². The number of likely N-dealkylation sites (tertiary alicyclic amines) is 1. The molecule has 18 heavy (non-hydrogen) atoms. The zero-order valence-corrected chi connectivity index (χ0v) is 12.5. The standard InChI is InChI=1S/C13H24N4S/c1-10(2)8-12-15-16-13(18-12)14-9-11-6-4-5-7-17(11)3/h10-11H,4-9H2,1-3H3,(H,14,16). The third kappa shape index (κ3) is 3.92. The van der Waals surface area contributed by atoms with Crippen LogP contribution in [-0.2, 0) is 6.42 Å². The molecule has 0 aromatic carbocycles. The second kappa shape index (κ2) is 6.48. The molecule has 1 aliphatic heterocycles. The second-order valence-corrected chi connectivity index (χ2v) is 6.67. The van der Waals surface area contributed by atoms with Crippen LogP contribution in [0.2, 0.25) is 0 Å². The minimum Gasteiger partial charge on any atom is -0.359 e. The molecular formula is C13H24N4S. The molecule has 0 aliphatic carbocycles. The fourth-order valence-corrected chi connectivity index (χ4v) is 3.32. The van der Waals surface area contributed by atoms with Crippen LogP contribution in [0, 0.1) is 5.92 Å². The molecule has 1 N–H and O–H groups in total. The van der Waals surface area contributed by atoms with Gasteiger partial charge in [0.1, 0.15) is 5.01 Å². The van der Waals surface area contributed by atoms with Crippen LogP contribution in [0.5, 0.6) is 0 Å². The summed E-state index contributed by atoms with van der Waals surface area (Å²) in [5.74, 6) is 0.648.